The Morgan fingerprint density at radius 2 is 2.47 bits per heavy atom. The summed E-state index contributed by atoms with van der Waals surface area (Å²) in [4.78, 5) is 0. The first-order chi connectivity index (χ1) is 9.50. The zero-order valence-electron chi connectivity index (χ0n) is 14.5. The van der Waals surface area contributed by atoms with E-state index in [2.05, 4.69) is 5.32 Å². The molecule has 0 fully saturated rings. The van der Waals surface area contributed by atoms with Gasteiger partial charge in [-0.15, -0.1) is 0 Å². The predicted octanol–water partition coefficient (Wildman–Crippen LogP) is 1.96. The minimum absolute atomic E-state index is 0.124. The fourth-order valence-corrected chi connectivity index (χ4v) is 1.51. The average molecular weight is 213 g/mol. The highest BCUT2D eigenvalue weighted by molar-refractivity contribution is 5.44. The molecular weight excluding hydrogens is 190 g/mol. The van der Waals surface area contributed by atoms with Gasteiger partial charge in [-0.25, -0.2) is 0 Å². The predicted molar refractivity (Wildman–Crippen MR) is 59.4 cm³/mol. The first-order valence-electron chi connectivity index (χ1n) is 7.68. The molecule has 0 radical (unpaired) electrons. The van der Waals surface area contributed by atoms with E-state index >= 15 is 0 Å². The topological polar surface area (TPSA) is 30.5 Å². The van der Waals surface area contributed by atoms with Gasteiger partial charge in [0, 0.05) is 14.2 Å². The largest absolute Gasteiger partial charge is 0.454 e. The van der Waals surface area contributed by atoms with E-state index in [0.29, 0.717) is 11.5 Å². The minimum atomic E-state index is -2.84. The Balaban J connectivity index is 2.10. The van der Waals surface area contributed by atoms with Gasteiger partial charge >= 0.3 is 0 Å². The Labute approximate surface area is 98.8 Å². The van der Waals surface area contributed by atoms with Crippen LogP contribution in [0.25, 0.3) is 0 Å². The van der Waals surface area contributed by atoms with E-state index < -0.39 is 19.4 Å². The summed E-state index contributed by atoms with van der Waals surface area (Å²) < 4.78 is 55.2. The van der Waals surface area contributed by atoms with Crippen molar-refractivity contribution < 1.29 is 17.7 Å². The molecule has 1 N–H and O–H groups in total. The number of nitrogens with one attached hydrogen (secondary N) is 1. The molecule has 3 heteroatoms. The van der Waals surface area contributed by atoms with E-state index in [1.165, 1.54) is 6.92 Å². The standard InChI is InChI=1S/C12H17NO2/c1-3-13-9(2)6-10-4-5-11-12(7-10)15-8-14-11/h4-5,7,9,13H,3,6,8H2,1-2H3/t9-/m1/s1/i1D3,3D2,9D. The SMILES string of the molecule is [2H]C([2H])([2H])C([2H])([2H])N[C@]([2H])(C)Cc1ccc2c(c1)OCO2. The van der Waals surface area contributed by atoms with Gasteiger partial charge in [-0.2, -0.15) is 0 Å². The average Bonchev–Trinajstić information content (AvgIpc) is 2.72. The molecule has 1 aliphatic rings. The van der Waals surface area contributed by atoms with Crippen LogP contribution in [-0.4, -0.2) is 19.3 Å². The van der Waals surface area contributed by atoms with Crippen molar-refractivity contribution in [3.63, 3.8) is 0 Å². The molecule has 0 aromatic heterocycles. The second-order valence-corrected chi connectivity index (χ2v) is 3.39. The third-order valence-corrected chi connectivity index (χ3v) is 2.18. The van der Waals surface area contributed by atoms with Crippen LogP contribution in [0.3, 0.4) is 0 Å². The van der Waals surface area contributed by atoms with Gasteiger partial charge in [0.1, 0.15) is 0 Å². The van der Waals surface area contributed by atoms with Gasteiger partial charge in [0.2, 0.25) is 6.79 Å². The fourth-order valence-electron chi connectivity index (χ4n) is 1.51. The fraction of sp³-hybridized carbons (Fsp3) is 0.500. The summed E-state index contributed by atoms with van der Waals surface area (Å²) in [6.07, 6.45) is 0.124. The molecule has 0 saturated carbocycles. The molecule has 82 valence electrons. The van der Waals surface area contributed by atoms with Gasteiger partial charge in [-0.3, -0.25) is 0 Å². The maximum Gasteiger partial charge on any atom is 0.231 e. The Bertz CT molecular complexity index is 529. The molecule has 15 heavy (non-hydrogen) atoms. The van der Waals surface area contributed by atoms with Crippen LogP contribution in [0.15, 0.2) is 18.2 Å². The Kier molecular flexibility index (Phi) is 1.58. The van der Waals surface area contributed by atoms with E-state index in [9.17, 15) is 0 Å². The number of hydrogen-bond donors (Lipinski definition) is 1. The third kappa shape index (κ3) is 2.42. The van der Waals surface area contributed by atoms with Crippen LogP contribution in [0, 0.1) is 0 Å². The van der Waals surface area contributed by atoms with Crippen LogP contribution in [0.2, 0.25) is 0 Å². The van der Waals surface area contributed by atoms with Gasteiger partial charge < -0.3 is 14.8 Å². The van der Waals surface area contributed by atoms with Crippen LogP contribution < -0.4 is 14.8 Å². The molecule has 1 aromatic rings. The number of fused-ring (bicyclic) bond motifs is 1. The Morgan fingerprint density at radius 1 is 1.60 bits per heavy atom. The first kappa shape index (κ1) is 5.21. The van der Waals surface area contributed by atoms with Crippen molar-refractivity contribution in [3.8, 4) is 11.5 Å². The van der Waals surface area contributed by atoms with Crippen molar-refractivity contribution in [2.24, 2.45) is 0 Å². The lowest BCUT2D eigenvalue weighted by molar-refractivity contribution is 0.174. The second-order valence-electron chi connectivity index (χ2n) is 3.39. The van der Waals surface area contributed by atoms with Crippen molar-refractivity contribution in [1.82, 2.24) is 5.32 Å². The van der Waals surface area contributed by atoms with E-state index in [1.54, 1.807) is 18.2 Å². The summed E-state index contributed by atoms with van der Waals surface area (Å²) in [5.41, 5.74) is 0.727. The zero-order chi connectivity index (χ0) is 15.9. The summed E-state index contributed by atoms with van der Waals surface area (Å²) >= 11 is 0. The van der Waals surface area contributed by atoms with Crippen LogP contribution in [0.1, 0.15) is 27.6 Å². The number of likely N-dealkylation sites (N-methyl/N-ethyl adjacent to an activating group) is 1. The zero-order valence-corrected chi connectivity index (χ0v) is 8.46. The number of benzene rings is 1. The van der Waals surface area contributed by atoms with E-state index in [1.807, 2.05) is 0 Å². The quantitative estimate of drug-likeness (QED) is 0.829. The molecule has 1 aliphatic heterocycles. The van der Waals surface area contributed by atoms with Gasteiger partial charge in [-0.1, -0.05) is 12.9 Å². The number of hydrogen-bond acceptors (Lipinski definition) is 3. The molecule has 0 aliphatic carbocycles. The molecule has 0 bridgehead atoms. The highest BCUT2D eigenvalue weighted by Gasteiger charge is 2.13. The van der Waals surface area contributed by atoms with Crippen LogP contribution >= 0.6 is 0 Å². The summed E-state index contributed by atoms with van der Waals surface area (Å²) in [7, 11) is 0. The van der Waals surface area contributed by atoms with Gasteiger partial charge in [-0.05, 0) is 37.5 Å². The van der Waals surface area contributed by atoms with Crippen molar-refractivity contribution in [1.29, 1.82) is 0 Å². The molecule has 2 rings (SSSR count). The first-order valence-corrected chi connectivity index (χ1v) is 4.68. The van der Waals surface area contributed by atoms with Gasteiger partial charge in [0.05, 0.1) is 0 Å². The Morgan fingerprint density at radius 3 is 3.33 bits per heavy atom. The van der Waals surface area contributed by atoms with E-state index in [0.717, 1.165) is 5.56 Å². The van der Waals surface area contributed by atoms with Crippen LogP contribution in [0.5, 0.6) is 11.5 Å². The minimum Gasteiger partial charge on any atom is -0.454 e. The number of ether oxygens (including phenoxy) is 2. The highest BCUT2D eigenvalue weighted by atomic mass is 16.7. The molecule has 1 aromatic carbocycles. The molecule has 0 spiro atoms. The molecule has 1 heterocycles. The monoisotopic (exact) mass is 213 g/mol. The van der Waals surface area contributed by atoms with Crippen LogP contribution in [-0.2, 0) is 6.42 Å². The van der Waals surface area contributed by atoms with Gasteiger partial charge in [0.15, 0.2) is 11.5 Å². The van der Waals surface area contributed by atoms with Crippen molar-refractivity contribution in [3.05, 3.63) is 23.8 Å². The lowest BCUT2D eigenvalue weighted by Crippen LogP contribution is -2.27. The summed E-state index contributed by atoms with van der Waals surface area (Å²) in [6, 6.07) is 3.69. The smallest absolute Gasteiger partial charge is 0.231 e. The molecule has 3 nitrogen and oxygen atoms in total. The Hall–Kier alpha value is -1.22. The summed E-state index contributed by atoms with van der Waals surface area (Å²) in [5, 5.41) is 2.25. The highest BCUT2D eigenvalue weighted by Crippen LogP contribution is 2.32. The maximum absolute atomic E-state index is 8.12. The van der Waals surface area contributed by atoms with Gasteiger partial charge in [0.25, 0.3) is 0 Å². The molecular formula is C12H17NO2. The lowest BCUT2D eigenvalue weighted by Gasteiger charge is -2.12. The van der Waals surface area contributed by atoms with Crippen LogP contribution in [0.4, 0.5) is 0 Å². The van der Waals surface area contributed by atoms with E-state index in [4.69, 9.17) is 17.7 Å². The van der Waals surface area contributed by atoms with Crippen molar-refractivity contribution in [2.45, 2.75) is 26.2 Å². The van der Waals surface area contributed by atoms with Crippen molar-refractivity contribution in [2.75, 3.05) is 13.3 Å². The third-order valence-electron chi connectivity index (χ3n) is 2.18. The van der Waals surface area contributed by atoms with E-state index in [-0.39, 0.29) is 13.2 Å². The lowest BCUT2D eigenvalue weighted by atomic mass is 10.1. The molecule has 0 unspecified atom stereocenters. The summed E-state index contributed by atoms with van der Waals surface area (Å²) in [5.74, 6) is 1.19. The molecule has 0 amide bonds. The van der Waals surface area contributed by atoms with Crippen molar-refractivity contribution >= 4 is 0 Å². The molecule has 0 saturated heterocycles. The maximum atomic E-state index is 8.12. The second kappa shape index (κ2) is 4.53. The number of rotatable bonds is 4. The summed E-state index contributed by atoms with van der Waals surface area (Å²) in [6.45, 7) is -3.90. The molecule has 1 atom stereocenters. The normalized spacial score (nSPS) is 25.1.